The Morgan fingerprint density at radius 2 is 1.95 bits per heavy atom. The van der Waals surface area contributed by atoms with E-state index in [1.165, 1.54) is 0 Å². The van der Waals surface area contributed by atoms with Crippen LogP contribution in [0.15, 0.2) is 24.3 Å². The SMILES string of the molecule is CNC(=O)Cc1ccc(NC(=O)c2snnc2C)cc1. The maximum absolute atomic E-state index is 12.0. The van der Waals surface area contributed by atoms with Crippen molar-refractivity contribution in [1.29, 1.82) is 0 Å². The molecule has 1 heterocycles. The smallest absolute Gasteiger partial charge is 0.269 e. The molecule has 20 heavy (non-hydrogen) atoms. The van der Waals surface area contributed by atoms with E-state index in [1.807, 2.05) is 12.1 Å². The number of carbonyl (C=O) groups excluding carboxylic acids is 2. The quantitative estimate of drug-likeness (QED) is 0.891. The van der Waals surface area contributed by atoms with Gasteiger partial charge < -0.3 is 10.6 Å². The fourth-order valence-electron chi connectivity index (χ4n) is 1.61. The lowest BCUT2D eigenvalue weighted by atomic mass is 10.1. The first-order valence-electron chi connectivity index (χ1n) is 6.00. The fourth-order valence-corrected chi connectivity index (χ4v) is 2.16. The van der Waals surface area contributed by atoms with Gasteiger partial charge in [-0.25, -0.2) is 0 Å². The van der Waals surface area contributed by atoms with Crippen molar-refractivity contribution in [2.75, 3.05) is 12.4 Å². The molecule has 0 aliphatic carbocycles. The lowest BCUT2D eigenvalue weighted by Crippen LogP contribution is -2.19. The minimum Gasteiger partial charge on any atom is -0.359 e. The van der Waals surface area contributed by atoms with Gasteiger partial charge in [-0.2, -0.15) is 0 Å². The van der Waals surface area contributed by atoms with Gasteiger partial charge in [0.25, 0.3) is 5.91 Å². The van der Waals surface area contributed by atoms with Gasteiger partial charge in [-0.15, -0.1) is 5.10 Å². The van der Waals surface area contributed by atoms with Gasteiger partial charge in [0.05, 0.1) is 12.1 Å². The number of anilines is 1. The minimum atomic E-state index is -0.225. The molecule has 0 radical (unpaired) electrons. The molecule has 0 unspecified atom stereocenters. The highest BCUT2D eigenvalue weighted by atomic mass is 32.1. The topological polar surface area (TPSA) is 84.0 Å². The highest BCUT2D eigenvalue weighted by Gasteiger charge is 2.13. The Morgan fingerprint density at radius 3 is 2.50 bits per heavy atom. The van der Waals surface area contributed by atoms with Crippen LogP contribution >= 0.6 is 11.5 Å². The van der Waals surface area contributed by atoms with E-state index in [0.29, 0.717) is 22.7 Å². The van der Waals surface area contributed by atoms with E-state index in [0.717, 1.165) is 17.1 Å². The van der Waals surface area contributed by atoms with Crippen LogP contribution in [0.4, 0.5) is 5.69 Å². The summed E-state index contributed by atoms with van der Waals surface area (Å²) < 4.78 is 3.73. The van der Waals surface area contributed by atoms with Crippen LogP contribution in [0.2, 0.25) is 0 Å². The first-order chi connectivity index (χ1) is 9.60. The number of carbonyl (C=O) groups is 2. The first-order valence-corrected chi connectivity index (χ1v) is 6.77. The molecule has 1 aromatic carbocycles. The number of hydrogen-bond acceptors (Lipinski definition) is 5. The van der Waals surface area contributed by atoms with Crippen LogP contribution in [0.25, 0.3) is 0 Å². The number of benzene rings is 1. The third-order valence-electron chi connectivity index (χ3n) is 2.71. The number of aryl methyl sites for hydroxylation is 1. The summed E-state index contributed by atoms with van der Waals surface area (Å²) in [5.41, 5.74) is 2.17. The number of hydrogen-bond donors (Lipinski definition) is 2. The molecular weight excluding hydrogens is 276 g/mol. The van der Waals surface area contributed by atoms with Crippen molar-refractivity contribution in [3.63, 3.8) is 0 Å². The normalized spacial score (nSPS) is 10.1. The van der Waals surface area contributed by atoms with E-state index in [-0.39, 0.29) is 11.8 Å². The molecule has 2 N–H and O–H groups in total. The standard InChI is InChI=1S/C13H14N4O2S/c1-8-12(20-17-16-8)13(19)15-10-5-3-9(4-6-10)7-11(18)14-2/h3-6H,7H2,1-2H3,(H,14,18)(H,15,19). The van der Waals surface area contributed by atoms with E-state index < -0.39 is 0 Å². The van der Waals surface area contributed by atoms with Crippen LogP contribution in [0.1, 0.15) is 20.9 Å². The van der Waals surface area contributed by atoms with Gasteiger partial charge in [0.15, 0.2) is 0 Å². The molecule has 6 nitrogen and oxygen atoms in total. The molecule has 1 aromatic heterocycles. The highest BCUT2D eigenvalue weighted by Crippen LogP contribution is 2.14. The monoisotopic (exact) mass is 290 g/mol. The summed E-state index contributed by atoms with van der Waals surface area (Å²) in [5.74, 6) is -0.273. The Hall–Kier alpha value is -2.28. The third-order valence-corrected chi connectivity index (χ3v) is 3.54. The molecule has 0 aliphatic rings. The van der Waals surface area contributed by atoms with Gasteiger partial charge in [0, 0.05) is 12.7 Å². The Bertz CT molecular complexity index is 622. The average Bonchev–Trinajstić information content (AvgIpc) is 2.87. The van der Waals surface area contributed by atoms with Crippen molar-refractivity contribution in [2.24, 2.45) is 0 Å². The molecule has 0 spiro atoms. The maximum Gasteiger partial charge on any atom is 0.269 e. The molecule has 2 rings (SSSR count). The van der Waals surface area contributed by atoms with Crippen molar-refractivity contribution in [3.05, 3.63) is 40.4 Å². The zero-order chi connectivity index (χ0) is 14.5. The number of rotatable bonds is 4. The van der Waals surface area contributed by atoms with Crippen molar-refractivity contribution < 1.29 is 9.59 Å². The number of aromatic nitrogens is 2. The predicted octanol–water partition coefficient (Wildman–Crippen LogP) is 1.39. The molecule has 2 aromatic rings. The van der Waals surface area contributed by atoms with Gasteiger partial charge in [-0.3, -0.25) is 9.59 Å². The van der Waals surface area contributed by atoms with Gasteiger partial charge in [0.1, 0.15) is 4.88 Å². The van der Waals surface area contributed by atoms with Crippen LogP contribution in [-0.2, 0) is 11.2 Å². The van der Waals surface area contributed by atoms with Gasteiger partial charge >= 0.3 is 0 Å². The van der Waals surface area contributed by atoms with Crippen molar-refractivity contribution >= 4 is 29.0 Å². The van der Waals surface area contributed by atoms with Crippen LogP contribution in [0, 0.1) is 6.92 Å². The zero-order valence-electron chi connectivity index (χ0n) is 11.1. The first kappa shape index (κ1) is 14.1. The molecule has 0 atom stereocenters. The second-order valence-electron chi connectivity index (χ2n) is 4.19. The summed E-state index contributed by atoms with van der Waals surface area (Å²) in [6.45, 7) is 1.74. The predicted molar refractivity (Wildman–Crippen MR) is 76.8 cm³/mol. The Kier molecular flexibility index (Phi) is 4.41. The highest BCUT2D eigenvalue weighted by molar-refractivity contribution is 7.08. The molecule has 7 heteroatoms. The summed E-state index contributed by atoms with van der Waals surface area (Å²) in [6.07, 6.45) is 0.322. The summed E-state index contributed by atoms with van der Waals surface area (Å²) >= 11 is 1.07. The second-order valence-corrected chi connectivity index (χ2v) is 4.94. The van der Waals surface area contributed by atoms with E-state index in [1.54, 1.807) is 26.1 Å². The third kappa shape index (κ3) is 3.39. The van der Waals surface area contributed by atoms with Crippen molar-refractivity contribution in [2.45, 2.75) is 13.3 Å². The van der Waals surface area contributed by atoms with Gasteiger partial charge in [-0.05, 0) is 36.2 Å². The molecule has 0 saturated carbocycles. The molecule has 0 aliphatic heterocycles. The molecule has 0 fully saturated rings. The Morgan fingerprint density at radius 1 is 1.25 bits per heavy atom. The van der Waals surface area contributed by atoms with Gasteiger partial charge in [0.2, 0.25) is 5.91 Å². The van der Waals surface area contributed by atoms with E-state index >= 15 is 0 Å². The lowest BCUT2D eigenvalue weighted by molar-refractivity contribution is -0.119. The zero-order valence-corrected chi connectivity index (χ0v) is 12.0. The van der Waals surface area contributed by atoms with E-state index in [4.69, 9.17) is 0 Å². The molecule has 0 bridgehead atoms. The number of amides is 2. The van der Waals surface area contributed by atoms with E-state index in [9.17, 15) is 9.59 Å². The van der Waals surface area contributed by atoms with Crippen molar-refractivity contribution in [3.8, 4) is 0 Å². The molecule has 2 amide bonds. The number of nitrogens with zero attached hydrogens (tertiary/aromatic N) is 2. The van der Waals surface area contributed by atoms with Crippen LogP contribution < -0.4 is 10.6 Å². The fraction of sp³-hybridized carbons (Fsp3) is 0.231. The summed E-state index contributed by atoms with van der Waals surface area (Å²) in [5, 5.41) is 9.13. The lowest BCUT2D eigenvalue weighted by Gasteiger charge is -2.05. The largest absolute Gasteiger partial charge is 0.359 e. The summed E-state index contributed by atoms with van der Waals surface area (Å²) in [4.78, 5) is 23.7. The Balaban J connectivity index is 2.02. The van der Waals surface area contributed by atoms with E-state index in [2.05, 4.69) is 20.2 Å². The molecule has 104 valence electrons. The van der Waals surface area contributed by atoms with Crippen LogP contribution in [-0.4, -0.2) is 28.4 Å². The molecule has 0 saturated heterocycles. The number of nitrogens with one attached hydrogen (secondary N) is 2. The summed E-state index contributed by atoms with van der Waals surface area (Å²) in [6, 6.07) is 7.14. The number of likely N-dealkylation sites (N-methyl/N-ethyl adjacent to an activating group) is 1. The minimum absolute atomic E-state index is 0.0480. The molecular formula is C13H14N4O2S. The van der Waals surface area contributed by atoms with Crippen molar-refractivity contribution in [1.82, 2.24) is 14.9 Å². The maximum atomic E-state index is 12.0. The van der Waals surface area contributed by atoms with Crippen LogP contribution in [0.5, 0.6) is 0 Å². The second kappa shape index (κ2) is 6.25. The average molecular weight is 290 g/mol. The Labute approximate surface area is 120 Å². The van der Waals surface area contributed by atoms with Crippen LogP contribution in [0.3, 0.4) is 0 Å². The van der Waals surface area contributed by atoms with Gasteiger partial charge in [-0.1, -0.05) is 16.6 Å². The summed E-state index contributed by atoms with van der Waals surface area (Å²) in [7, 11) is 1.60.